The summed E-state index contributed by atoms with van der Waals surface area (Å²) < 4.78 is 0. The summed E-state index contributed by atoms with van der Waals surface area (Å²) in [5.74, 6) is 1.24. The van der Waals surface area contributed by atoms with Gasteiger partial charge in [0.1, 0.15) is 5.82 Å². The zero-order valence-corrected chi connectivity index (χ0v) is 16.9. The van der Waals surface area contributed by atoms with Crippen LogP contribution in [-0.4, -0.2) is 46.9 Å². The normalized spacial score (nSPS) is 14.8. The van der Waals surface area contributed by atoms with E-state index in [1.807, 2.05) is 38.1 Å². The standard InChI is InChI=1S/C21H27N5O3/c1-16(2)13-21(27)23-18-5-8-20(22-14-18)25-11-9-24(10-12-25)15-17-3-6-19(7-4-17)26(28)29/h3-8,14,16H,9-13,15H2,1-2H3,(H,23,27). The van der Waals surface area contributed by atoms with Gasteiger partial charge in [-0.1, -0.05) is 26.0 Å². The van der Waals surface area contributed by atoms with E-state index in [9.17, 15) is 14.9 Å². The Kier molecular flexibility index (Phi) is 6.77. The van der Waals surface area contributed by atoms with Crippen molar-refractivity contribution in [2.75, 3.05) is 36.4 Å². The molecule has 29 heavy (non-hydrogen) atoms. The lowest BCUT2D eigenvalue weighted by atomic mass is 10.1. The smallest absolute Gasteiger partial charge is 0.269 e. The fourth-order valence-corrected chi connectivity index (χ4v) is 3.35. The molecule has 0 spiro atoms. The maximum Gasteiger partial charge on any atom is 0.269 e. The predicted octanol–water partition coefficient (Wildman–Crippen LogP) is 3.30. The highest BCUT2D eigenvalue weighted by Gasteiger charge is 2.18. The maximum atomic E-state index is 11.9. The number of anilines is 2. The highest BCUT2D eigenvalue weighted by molar-refractivity contribution is 5.90. The third kappa shape index (κ3) is 5.99. The molecule has 1 N–H and O–H groups in total. The van der Waals surface area contributed by atoms with Crippen molar-refractivity contribution in [3.8, 4) is 0 Å². The quantitative estimate of drug-likeness (QED) is 0.569. The van der Waals surface area contributed by atoms with Crippen molar-refractivity contribution >= 4 is 23.1 Å². The van der Waals surface area contributed by atoms with Gasteiger partial charge in [0.15, 0.2) is 0 Å². The van der Waals surface area contributed by atoms with Crippen LogP contribution in [0.2, 0.25) is 0 Å². The van der Waals surface area contributed by atoms with Gasteiger partial charge in [-0.3, -0.25) is 19.8 Å². The van der Waals surface area contributed by atoms with Crippen molar-refractivity contribution in [3.05, 3.63) is 58.3 Å². The Morgan fingerprint density at radius 2 is 1.83 bits per heavy atom. The molecule has 2 aromatic rings. The second kappa shape index (κ2) is 9.47. The van der Waals surface area contributed by atoms with Gasteiger partial charge in [-0.15, -0.1) is 0 Å². The minimum absolute atomic E-state index is 0.00871. The molecule has 1 amide bonds. The van der Waals surface area contributed by atoms with Crippen LogP contribution in [0.4, 0.5) is 17.2 Å². The van der Waals surface area contributed by atoms with Gasteiger partial charge < -0.3 is 10.2 Å². The molecule has 0 radical (unpaired) electrons. The van der Waals surface area contributed by atoms with E-state index in [4.69, 9.17) is 0 Å². The maximum absolute atomic E-state index is 11.9. The molecule has 1 aromatic carbocycles. The lowest BCUT2D eigenvalue weighted by Crippen LogP contribution is -2.46. The molecule has 0 bridgehead atoms. The number of nitro groups is 1. The Balaban J connectivity index is 1.48. The van der Waals surface area contributed by atoms with Crippen molar-refractivity contribution in [1.29, 1.82) is 0 Å². The average molecular weight is 397 g/mol. The van der Waals surface area contributed by atoms with E-state index in [0.717, 1.165) is 49.8 Å². The number of aromatic nitrogens is 1. The van der Waals surface area contributed by atoms with Gasteiger partial charge in [0.25, 0.3) is 5.69 Å². The van der Waals surface area contributed by atoms with Gasteiger partial charge in [0, 0.05) is 51.3 Å². The van der Waals surface area contributed by atoms with E-state index in [2.05, 4.69) is 20.1 Å². The van der Waals surface area contributed by atoms with Crippen molar-refractivity contribution < 1.29 is 9.72 Å². The number of carbonyl (C=O) groups excluding carboxylic acids is 1. The van der Waals surface area contributed by atoms with Gasteiger partial charge in [-0.25, -0.2) is 4.98 Å². The molecule has 3 rings (SSSR count). The van der Waals surface area contributed by atoms with E-state index >= 15 is 0 Å². The van der Waals surface area contributed by atoms with Crippen LogP contribution in [0.1, 0.15) is 25.8 Å². The van der Waals surface area contributed by atoms with Crippen molar-refractivity contribution in [1.82, 2.24) is 9.88 Å². The van der Waals surface area contributed by atoms with E-state index in [1.165, 1.54) is 0 Å². The number of benzene rings is 1. The van der Waals surface area contributed by atoms with Crippen LogP contribution in [0.15, 0.2) is 42.6 Å². The van der Waals surface area contributed by atoms with Crippen molar-refractivity contribution in [2.24, 2.45) is 5.92 Å². The highest BCUT2D eigenvalue weighted by atomic mass is 16.6. The number of amides is 1. The number of pyridine rings is 1. The Bertz CT molecular complexity index is 828. The van der Waals surface area contributed by atoms with Crippen LogP contribution >= 0.6 is 0 Å². The largest absolute Gasteiger partial charge is 0.354 e. The van der Waals surface area contributed by atoms with E-state index < -0.39 is 0 Å². The SMILES string of the molecule is CC(C)CC(=O)Nc1ccc(N2CCN(Cc3ccc([N+](=O)[O-])cc3)CC2)nc1. The summed E-state index contributed by atoms with van der Waals surface area (Å²) in [6.45, 7) is 8.32. The zero-order valence-electron chi connectivity index (χ0n) is 16.9. The fraction of sp³-hybridized carbons (Fsp3) is 0.429. The summed E-state index contributed by atoms with van der Waals surface area (Å²) in [6, 6.07) is 10.6. The van der Waals surface area contributed by atoms with E-state index in [1.54, 1.807) is 18.3 Å². The molecular formula is C21H27N5O3. The van der Waals surface area contributed by atoms with Crippen LogP contribution in [0.25, 0.3) is 0 Å². The van der Waals surface area contributed by atoms with E-state index in [-0.39, 0.29) is 16.5 Å². The van der Waals surface area contributed by atoms with Crippen LogP contribution in [0.3, 0.4) is 0 Å². The minimum atomic E-state index is -0.378. The summed E-state index contributed by atoms with van der Waals surface area (Å²) in [5.41, 5.74) is 1.91. The second-order valence-electron chi connectivity index (χ2n) is 7.74. The Labute approximate surface area is 170 Å². The first-order chi connectivity index (χ1) is 13.9. The van der Waals surface area contributed by atoms with Gasteiger partial charge in [-0.05, 0) is 23.6 Å². The highest BCUT2D eigenvalue weighted by Crippen LogP contribution is 2.18. The summed E-state index contributed by atoms with van der Waals surface area (Å²) in [6.07, 6.45) is 2.20. The Morgan fingerprint density at radius 3 is 2.38 bits per heavy atom. The molecule has 8 heteroatoms. The number of nitrogens with zero attached hydrogens (tertiary/aromatic N) is 4. The Hall–Kier alpha value is -3.00. The molecule has 1 aliphatic heterocycles. The number of carbonyl (C=O) groups is 1. The second-order valence-corrected chi connectivity index (χ2v) is 7.74. The van der Waals surface area contributed by atoms with Crippen LogP contribution in [-0.2, 0) is 11.3 Å². The van der Waals surface area contributed by atoms with Gasteiger partial charge in [-0.2, -0.15) is 0 Å². The van der Waals surface area contributed by atoms with Crippen LogP contribution < -0.4 is 10.2 Å². The number of rotatable bonds is 7. The van der Waals surface area contributed by atoms with Crippen LogP contribution in [0, 0.1) is 16.0 Å². The summed E-state index contributed by atoms with van der Waals surface area (Å²) in [4.78, 5) is 31.3. The predicted molar refractivity (Wildman–Crippen MR) is 113 cm³/mol. The molecule has 1 aliphatic rings. The molecule has 1 fully saturated rings. The summed E-state index contributed by atoms with van der Waals surface area (Å²) in [7, 11) is 0. The molecule has 0 unspecified atom stereocenters. The zero-order chi connectivity index (χ0) is 20.8. The first kappa shape index (κ1) is 20.7. The molecule has 0 saturated carbocycles. The Morgan fingerprint density at radius 1 is 1.14 bits per heavy atom. The van der Waals surface area contributed by atoms with Gasteiger partial charge >= 0.3 is 0 Å². The third-order valence-corrected chi connectivity index (χ3v) is 4.87. The molecule has 1 aromatic heterocycles. The first-order valence-electron chi connectivity index (χ1n) is 9.87. The topological polar surface area (TPSA) is 91.6 Å². The molecule has 0 aliphatic carbocycles. The van der Waals surface area contributed by atoms with E-state index in [0.29, 0.717) is 12.3 Å². The number of nitrogens with one attached hydrogen (secondary N) is 1. The molecular weight excluding hydrogens is 370 g/mol. The van der Waals surface area contributed by atoms with Gasteiger partial charge in [0.2, 0.25) is 5.91 Å². The van der Waals surface area contributed by atoms with Crippen LogP contribution in [0.5, 0.6) is 0 Å². The van der Waals surface area contributed by atoms with Gasteiger partial charge in [0.05, 0.1) is 16.8 Å². The lowest BCUT2D eigenvalue weighted by Gasteiger charge is -2.35. The monoisotopic (exact) mass is 397 g/mol. The molecule has 154 valence electrons. The third-order valence-electron chi connectivity index (χ3n) is 4.87. The number of piperazine rings is 1. The minimum Gasteiger partial charge on any atom is -0.354 e. The lowest BCUT2D eigenvalue weighted by molar-refractivity contribution is -0.384. The first-order valence-corrected chi connectivity index (χ1v) is 9.87. The fourth-order valence-electron chi connectivity index (χ4n) is 3.35. The molecule has 8 nitrogen and oxygen atoms in total. The number of hydrogen-bond acceptors (Lipinski definition) is 6. The molecule has 0 atom stereocenters. The van der Waals surface area contributed by atoms with Crippen molar-refractivity contribution in [2.45, 2.75) is 26.8 Å². The molecule has 2 heterocycles. The van der Waals surface area contributed by atoms with Crippen molar-refractivity contribution in [3.63, 3.8) is 0 Å². The molecule has 1 saturated heterocycles. The number of non-ortho nitro benzene ring substituents is 1. The summed E-state index contributed by atoms with van der Waals surface area (Å²) >= 11 is 0. The summed E-state index contributed by atoms with van der Waals surface area (Å²) in [5, 5.41) is 13.6. The average Bonchev–Trinajstić information content (AvgIpc) is 2.69. The number of hydrogen-bond donors (Lipinski definition) is 1. The number of nitro benzene ring substituents is 1.